The summed E-state index contributed by atoms with van der Waals surface area (Å²) in [6.07, 6.45) is 5.66. The number of fused-ring (bicyclic) bond motifs is 2. The third-order valence-electron chi connectivity index (χ3n) is 6.79. The average Bonchev–Trinajstić information content (AvgIpc) is 3.14. The molecule has 0 spiro atoms. The van der Waals surface area contributed by atoms with Gasteiger partial charge >= 0.3 is 0 Å². The van der Waals surface area contributed by atoms with E-state index in [9.17, 15) is 13.2 Å². The lowest BCUT2D eigenvalue weighted by Crippen LogP contribution is -2.34. The van der Waals surface area contributed by atoms with Gasteiger partial charge in [-0.1, -0.05) is 36.2 Å². The lowest BCUT2D eigenvalue weighted by Gasteiger charge is -2.24. The lowest BCUT2D eigenvalue weighted by molar-refractivity contribution is 0.404. The van der Waals surface area contributed by atoms with Crippen molar-refractivity contribution in [2.45, 2.75) is 30.1 Å². The van der Waals surface area contributed by atoms with E-state index in [1.54, 1.807) is 65.2 Å². The first-order valence-corrected chi connectivity index (χ1v) is 13.8. The summed E-state index contributed by atoms with van der Waals surface area (Å²) in [6.45, 7) is 0.767. The van der Waals surface area contributed by atoms with Gasteiger partial charge in [-0.2, -0.15) is 4.31 Å². The van der Waals surface area contributed by atoms with Crippen LogP contribution < -0.4 is 5.56 Å². The van der Waals surface area contributed by atoms with E-state index in [4.69, 9.17) is 11.6 Å². The van der Waals surface area contributed by atoms with Gasteiger partial charge in [0.15, 0.2) is 0 Å². The van der Waals surface area contributed by atoms with E-state index in [1.807, 2.05) is 0 Å². The number of halogens is 1. The summed E-state index contributed by atoms with van der Waals surface area (Å²) < 4.78 is 28.4. The van der Waals surface area contributed by atoms with Gasteiger partial charge in [0.2, 0.25) is 10.0 Å². The fourth-order valence-corrected chi connectivity index (χ4v) is 6.65. The molecular formula is C26H23ClN6O3S. The molecule has 0 bridgehead atoms. The molecule has 9 nitrogen and oxygen atoms in total. The van der Waals surface area contributed by atoms with Crippen LogP contribution in [0.2, 0.25) is 5.15 Å². The Bertz CT molecular complexity index is 1790. The molecule has 0 amide bonds. The Morgan fingerprint density at radius 3 is 2.68 bits per heavy atom. The topological polar surface area (TPSA) is 125 Å². The summed E-state index contributed by atoms with van der Waals surface area (Å²) in [5, 5.41) is 1.07. The predicted octanol–water partition coefficient (Wildman–Crippen LogP) is 4.47. The number of imidazole rings is 1. The van der Waals surface area contributed by atoms with Gasteiger partial charge in [-0.25, -0.2) is 18.4 Å². The number of nitrogens with one attached hydrogen (secondary N) is 2. The zero-order valence-corrected chi connectivity index (χ0v) is 21.3. The second-order valence-electron chi connectivity index (χ2n) is 9.15. The van der Waals surface area contributed by atoms with E-state index >= 15 is 0 Å². The summed E-state index contributed by atoms with van der Waals surface area (Å²) in [4.78, 5) is 32.6. The maximum Gasteiger partial charge on any atom is 0.259 e. The number of aromatic amines is 2. The van der Waals surface area contributed by atoms with Crippen LogP contribution in [0.4, 0.5) is 0 Å². The van der Waals surface area contributed by atoms with Crippen molar-refractivity contribution >= 4 is 43.6 Å². The van der Waals surface area contributed by atoms with Gasteiger partial charge in [-0.05, 0) is 37.1 Å². The molecule has 1 aliphatic rings. The van der Waals surface area contributed by atoms with Gasteiger partial charge in [0.1, 0.15) is 11.0 Å². The molecule has 5 aromatic rings. The molecule has 1 unspecified atom stereocenters. The van der Waals surface area contributed by atoms with E-state index in [0.29, 0.717) is 46.2 Å². The molecule has 6 rings (SSSR count). The number of rotatable bonds is 4. The summed E-state index contributed by atoms with van der Waals surface area (Å²) in [5.41, 5.74) is 2.72. The summed E-state index contributed by atoms with van der Waals surface area (Å²) in [5.74, 6) is 0.258. The highest BCUT2D eigenvalue weighted by atomic mass is 35.5. The number of aromatic nitrogens is 5. The second kappa shape index (κ2) is 9.37. The van der Waals surface area contributed by atoms with Crippen LogP contribution in [0.1, 0.15) is 30.9 Å². The molecule has 0 aliphatic carbocycles. The van der Waals surface area contributed by atoms with Crippen LogP contribution in [0, 0.1) is 0 Å². The molecule has 1 atom stereocenters. The molecule has 1 fully saturated rings. The second-order valence-corrected chi connectivity index (χ2v) is 11.5. The molecule has 1 saturated heterocycles. The van der Waals surface area contributed by atoms with Crippen molar-refractivity contribution in [2.24, 2.45) is 0 Å². The van der Waals surface area contributed by atoms with Crippen molar-refractivity contribution in [2.75, 3.05) is 13.1 Å². The summed E-state index contributed by atoms with van der Waals surface area (Å²) in [7, 11) is -3.64. The van der Waals surface area contributed by atoms with Crippen molar-refractivity contribution in [3.05, 3.63) is 82.1 Å². The molecule has 1 aromatic carbocycles. The molecule has 11 heteroatoms. The Balaban J connectivity index is 1.43. The van der Waals surface area contributed by atoms with E-state index in [-0.39, 0.29) is 16.4 Å². The van der Waals surface area contributed by atoms with Gasteiger partial charge in [0.05, 0.1) is 38.9 Å². The Morgan fingerprint density at radius 1 is 1.00 bits per heavy atom. The van der Waals surface area contributed by atoms with Crippen molar-refractivity contribution in [3.8, 4) is 11.4 Å². The monoisotopic (exact) mass is 534 g/mol. The Morgan fingerprint density at radius 2 is 1.84 bits per heavy atom. The Labute approximate surface area is 217 Å². The first-order valence-electron chi connectivity index (χ1n) is 12.0. The van der Waals surface area contributed by atoms with Crippen LogP contribution >= 0.6 is 11.6 Å². The van der Waals surface area contributed by atoms with E-state index in [2.05, 4.69) is 24.9 Å². The van der Waals surface area contributed by atoms with Crippen LogP contribution in [-0.4, -0.2) is 50.7 Å². The van der Waals surface area contributed by atoms with Crippen LogP contribution in [0.15, 0.2) is 70.6 Å². The van der Waals surface area contributed by atoms with E-state index < -0.39 is 10.0 Å². The first-order chi connectivity index (χ1) is 17.9. The Kier molecular flexibility index (Phi) is 6.02. The molecule has 0 saturated carbocycles. The zero-order chi connectivity index (χ0) is 25.6. The number of nitrogens with zero attached hydrogens (tertiary/aromatic N) is 4. The molecule has 0 radical (unpaired) electrons. The SMILES string of the molecule is O=c1[nH]c2ccnc(C3CCCCN(S(=O)(=O)c4ccccc4)C3)c2cc1-c1nc2cc(Cl)ncc2[nH]1. The van der Waals surface area contributed by atoms with Crippen molar-refractivity contribution in [1.82, 2.24) is 29.2 Å². The third kappa shape index (κ3) is 4.41. The largest absolute Gasteiger partial charge is 0.337 e. The molecule has 1 aliphatic heterocycles. The number of hydrogen-bond acceptors (Lipinski definition) is 6. The molecule has 4 aromatic heterocycles. The maximum atomic E-state index is 13.4. The summed E-state index contributed by atoms with van der Waals surface area (Å²) >= 11 is 6.00. The lowest BCUT2D eigenvalue weighted by atomic mass is 9.95. The molecule has 188 valence electrons. The molecule has 5 heterocycles. The first kappa shape index (κ1) is 23.8. The summed E-state index contributed by atoms with van der Waals surface area (Å²) in [6, 6.07) is 13.7. The minimum atomic E-state index is -3.64. The Hall–Kier alpha value is -3.60. The van der Waals surface area contributed by atoms with Crippen molar-refractivity contribution < 1.29 is 8.42 Å². The number of H-pyrrole nitrogens is 2. The minimum Gasteiger partial charge on any atom is -0.337 e. The van der Waals surface area contributed by atoms with Crippen LogP contribution in [0.5, 0.6) is 0 Å². The van der Waals surface area contributed by atoms with Gasteiger partial charge in [-0.3, -0.25) is 9.78 Å². The maximum absolute atomic E-state index is 13.4. The van der Waals surface area contributed by atoms with E-state index in [1.165, 1.54) is 0 Å². The van der Waals surface area contributed by atoms with E-state index in [0.717, 1.165) is 30.3 Å². The number of pyridine rings is 3. The normalized spacial score (nSPS) is 17.3. The highest BCUT2D eigenvalue weighted by Crippen LogP contribution is 2.33. The standard InChI is InChI=1S/C26H23ClN6O3S/c27-23-13-21-22(14-29-23)31-25(30-21)19-12-18-20(32-26(19)34)9-10-28-24(18)16-6-4-5-11-33(15-16)37(35,36)17-7-2-1-3-8-17/h1-3,7-10,12-14,16H,4-6,11,15H2,(H,30,31)(H,32,34). The highest BCUT2D eigenvalue weighted by Gasteiger charge is 2.31. The third-order valence-corrected chi connectivity index (χ3v) is 8.88. The molecular weight excluding hydrogens is 512 g/mol. The highest BCUT2D eigenvalue weighted by molar-refractivity contribution is 7.89. The smallest absolute Gasteiger partial charge is 0.259 e. The van der Waals surface area contributed by atoms with Crippen LogP contribution in [-0.2, 0) is 10.0 Å². The minimum absolute atomic E-state index is 0.137. The average molecular weight is 535 g/mol. The quantitative estimate of drug-likeness (QED) is 0.328. The van der Waals surface area contributed by atoms with Crippen LogP contribution in [0.3, 0.4) is 0 Å². The fraction of sp³-hybridized carbons (Fsp3) is 0.231. The fourth-order valence-electron chi connectivity index (χ4n) is 4.95. The number of hydrogen-bond donors (Lipinski definition) is 2. The number of sulfonamides is 1. The van der Waals surface area contributed by atoms with Gasteiger partial charge in [0.25, 0.3) is 5.56 Å². The molecule has 2 N–H and O–H groups in total. The van der Waals surface area contributed by atoms with Crippen molar-refractivity contribution in [1.29, 1.82) is 0 Å². The zero-order valence-electron chi connectivity index (χ0n) is 19.7. The van der Waals surface area contributed by atoms with Crippen LogP contribution in [0.25, 0.3) is 33.3 Å². The van der Waals surface area contributed by atoms with Crippen molar-refractivity contribution in [3.63, 3.8) is 0 Å². The molecule has 37 heavy (non-hydrogen) atoms. The predicted molar refractivity (Wildman–Crippen MR) is 142 cm³/mol. The van der Waals surface area contributed by atoms with Gasteiger partial charge < -0.3 is 9.97 Å². The number of benzene rings is 1. The van der Waals surface area contributed by atoms with Gasteiger partial charge in [-0.15, -0.1) is 0 Å². The van der Waals surface area contributed by atoms with Gasteiger partial charge in [0, 0.05) is 36.7 Å².